The van der Waals surface area contributed by atoms with Crippen LogP contribution in [0.1, 0.15) is 43.2 Å². The third kappa shape index (κ3) is 3.09. The Morgan fingerprint density at radius 1 is 1.33 bits per heavy atom. The summed E-state index contributed by atoms with van der Waals surface area (Å²) < 4.78 is 0. The molecule has 1 aromatic carbocycles. The van der Waals surface area contributed by atoms with Gasteiger partial charge in [-0.25, -0.2) is 0 Å². The van der Waals surface area contributed by atoms with E-state index < -0.39 is 5.97 Å². The molecule has 1 aliphatic carbocycles. The number of fused-ring (bicyclic) bond motifs is 1. The summed E-state index contributed by atoms with van der Waals surface area (Å²) in [5.41, 5.74) is 2.25. The molecule has 114 valence electrons. The zero-order chi connectivity index (χ0) is 15.0. The first-order chi connectivity index (χ1) is 10.0. The first-order valence-corrected chi connectivity index (χ1v) is 8.17. The van der Waals surface area contributed by atoms with E-state index >= 15 is 0 Å². The van der Waals surface area contributed by atoms with Crippen molar-refractivity contribution in [1.82, 2.24) is 4.90 Å². The fourth-order valence-corrected chi connectivity index (χ4v) is 4.45. The van der Waals surface area contributed by atoms with Crippen molar-refractivity contribution >= 4 is 17.6 Å². The Hall–Kier alpha value is -1.06. The van der Waals surface area contributed by atoms with E-state index in [0.717, 1.165) is 29.0 Å². The molecule has 1 saturated carbocycles. The molecule has 0 radical (unpaired) electrons. The van der Waals surface area contributed by atoms with Gasteiger partial charge in [0.2, 0.25) is 0 Å². The van der Waals surface area contributed by atoms with Crippen LogP contribution in [0.4, 0.5) is 0 Å². The highest BCUT2D eigenvalue weighted by atomic mass is 35.5. The topological polar surface area (TPSA) is 40.5 Å². The molecule has 2 fully saturated rings. The van der Waals surface area contributed by atoms with Crippen molar-refractivity contribution in [3.05, 3.63) is 34.3 Å². The number of rotatable bonds is 3. The Kier molecular flexibility index (Phi) is 4.23. The highest BCUT2D eigenvalue weighted by molar-refractivity contribution is 6.30. The van der Waals surface area contributed by atoms with Gasteiger partial charge in [-0.15, -0.1) is 0 Å². The van der Waals surface area contributed by atoms with Gasteiger partial charge in [-0.05, 0) is 55.4 Å². The van der Waals surface area contributed by atoms with E-state index in [2.05, 4.69) is 11.0 Å². The lowest BCUT2D eigenvalue weighted by Crippen LogP contribution is -2.41. The molecule has 0 bridgehead atoms. The zero-order valence-electron chi connectivity index (χ0n) is 12.4. The summed E-state index contributed by atoms with van der Waals surface area (Å²) in [5.74, 6) is -0.122. The summed E-state index contributed by atoms with van der Waals surface area (Å²) in [5, 5.41) is 10.3. The number of hydrogen-bond donors (Lipinski definition) is 1. The average molecular weight is 308 g/mol. The van der Waals surface area contributed by atoms with Gasteiger partial charge in [-0.1, -0.05) is 30.5 Å². The largest absolute Gasteiger partial charge is 0.480 e. The van der Waals surface area contributed by atoms with E-state index in [1.165, 1.54) is 19.3 Å². The molecular weight excluding hydrogens is 286 g/mol. The lowest BCUT2D eigenvalue weighted by molar-refractivity contribution is -0.142. The summed E-state index contributed by atoms with van der Waals surface area (Å²) in [6.45, 7) is 2.72. The minimum absolute atomic E-state index is 0.336. The van der Waals surface area contributed by atoms with E-state index in [-0.39, 0.29) is 6.04 Å². The second-order valence-corrected chi connectivity index (χ2v) is 6.95. The molecule has 0 aromatic heterocycles. The van der Waals surface area contributed by atoms with Crippen LogP contribution in [0.15, 0.2) is 18.2 Å². The number of carboxylic acids is 1. The number of aryl methyl sites for hydroxylation is 1. The van der Waals surface area contributed by atoms with Gasteiger partial charge in [-0.2, -0.15) is 0 Å². The van der Waals surface area contributed by atoms with Crippen molar-refractivity contribution in [2.45, 2.75) is 57.7 Å². The molecular formula is C17H22ClNO2. The second-order valence-electron chi connectivity index (χ2n) is 6.51. The fourth-order valence-electron chi connectivity index (χ4n) is 4.14. The molecule has 0 spiro atoms. The van der Waals surface area contributed by atoms with Crippen LogP contribution in [-0.2, 0) is 11.3 Å². The number of carbonyl (C=O) groups is 1. The summed E-state index contributed by atoms with van der Waals surface area (Å²) >= 11 is 6.14. The molecule has 4 heteroatoms. The van der Waals surface area contributed by atoms with Crippen LogP contribution >= 0.6 is 11.6 Å². The van der Waals surface area contributed by atoms with Crippen molar-refractivity contribution in [2.24, 2.45) is 5.92 Å². The second kappa shape index (κ2) is 5.98. The highest BCUT2D eigenvalue weighted by Crippen LogP contribution is 2.40. The molecule has 3 nitrogen and oxygen atoms in total. The van der Waals surface area contributed by atoms with Crippen molar-refractivity contribution in [2.75, 3.05) is 0 Å². The molecule has 1 N–H and O–H groups in total. The number of likely N-dealkylation sites (tertiary alicyclic amines) is 1. The first-order valence-electron chi connectivity index (χ1n) is 7.79. The summed E-state index contributed by atoms with van der Waals surface area (Å²) in [6, 6.07) is 6.11. The quantitative estimate of drug-likeness (QED) is 0.921. The van der Waals surface area contributed by atoms with Crippen LogP contribution in [-0.4, -0.2) is 28.1 Å². The third-order valence-corrected chi connectivity index (χ3v) is 5.19. The van der Waals surface area contributed by atoms with Crippen molar-refractivity contribution < 1.29 is 9.90 Å². The number of hydrogen-bond acceptors (Lipinski definition) is 2. The molecule has 1 aliphatic heterocycles. The molecule has 1 heterocycles. The summed E-state index contributed by atoms with van der Waals surface area (Å²) in [4.78, 5) is 13.8. The third-order valence-electron chi connectivity index (χ3n) is 4.97. The molecule has 3 unspecified atom stereocenters. The van der Waals surface area contributed by atoms with Gasteiger partial charge in [0.15, 0.2) is 0 Å². The van der Waals surface area contributed by atoms with E-state index in [1.54, 1.807) is 0 Å². The standard InChI is InChI=1S/C17H22ClNO2/c1-11-6-12(8-14(18)7-11)10-19-15-5-3-2-4-13(15)9-16(19)17(20)21/h6-8,13,15-16H,2-5,9-10H2,1H3,(H,20,21). The van der Waals surface area contributed by atoms with Crippen LogP contribution in [0.25, 0.3) is 0 Å². The van der Waals surface area contributed by atoms with Gasteiger partial charge in [0, 0.05) is 17.6 Å². The Morgan fingerprint density at radius 2 is 2.10 bits per heavy atom. The molecule has 2 aliphatic rings. The van der Waals surface area contributed by atoms with Crippen molar-refractivity contribution in [1.29, 1.82) is 0 Å². The van der Waals surface area contributed by atoms with E-state index in [9.17, 15) is 9.90 Å². The minimum Gasteiger partial charge on any atom is -0.480 e. The number of carboxylic acid groups (broad SMARTS) is 1. The average Bonchev–Trinajstić information content (AvgIpc) is 2.77. The zero-order valence-corrected chi connectivity index (χ0v) is 13.1. The molecule has 3 atom stereocenters. The number of aliphatic carboxylic acids is 1. The normalized spacial score (nSPS) is 29.3. The molecule has 21 heavy (non-hydrogen) atoms. The SMILES string of the molecule is Cc1cc(Cl)cc(CN2C(C(=O)O)CC3CCCCC32)c1. The maximum absolute atomic E-state index is 11.6. The van der Waals surface area contributed by atoms with Gasteiger partial charge >= 0.3 is 5.97 Å². The minimum atomic E-state index is -0.678. The lowest BCUT2D eigenvalue weighted by Gasteiger charge is -2.33. The number of halogens is 1. The van der Waals surface area contributed by atoms with Crippen LogP contribution in [0.2, 0.25) is 5.02 Å². The van der Waals surface area contributed by atoms with Crippen LogP contribution < -0.4 is 0 Å². The lowest BCUT2D eigenvalue weighted by atomic mass is 9.84. The van der Waals surface area contributed by atoms with Crippen LogP contribution in [0.3, 0.4) is 0 Å². The fraction of sp³-hybridized carbons (Fsp3) is 0.588. The highest BCUT2D eigenvalue weighted by Gasteiger charge is 2.44. The number of nitrogens with zero attached hydrogens (tertiary/aromatic N) is 1. The van der Waals surface area contributed by atoms with E-state index in [4.69, 9.17) is 11.6 Å². The predicted octanol–water partition coefficient (Wildman–Crippen LogP) is 3.87. The predicted molar refractivity (Wildman–Crippen MR) is 83.5 cm³/mol. The maximum atomic E-state index is 11.6. The van der Waals surface area contributed by atoms with Crippen molar-refractivity contribution in [3.8, 4) is 0 Å². The van der Waals surface area contributed by atoms with Gasteiger partial charge in [0.25, 0.3) is 0 Å². The van der Waals surface area contributed by atoms with Crippen molar-refractivity contribution in [3.63, 3.8) is 0 Å². The van der Waals surface area contributed by atoms with Gasteiger partial charge in [-0.3, -0.25) is 9.69 Å². The Labute approximate surface area is 130 Å². The van der Waals surface area contributed by atoms with E-state index in [0.29, 0.717) is 18.5 Å². The van der Waals surface area contributed by atoms with E-state index in [1.807, 2.05) is 19.1 Å². The maximum Gasteiger partial charge on any atom is 0.320 e. The molecule has 1 aromatic rings. The Morgan fingerprint density at radius 3 is 2.81 bits per heavy atom. The molecule has 3 rings (SSSR count). The summed E-state index contributed by atoms with van der Waals surface area (Å²) in [6.07, 6.45) is 5.59. The van der Waals surface area contributed by atoms with Gasteiger partial charge in [0.1, 0.15) is 6.04 Å². The van der Waals surface area contributed by atoms with Gasteiger partial charge in [0.05, 0.1) is 0 Å². The Balaban J connectivity index is 1.84. The first kappa shape index (κ1) is 14.9. The smallest absolute Gasteiger partial charge is 0.320 e. The van der Waals surface area contributed by atoms with Gasteiger partial charge < -0.3 is 5.11 Å². The monoisotopic (exact) mass is 307 g/mol. The molecule has 1 saturated heterocycles. The summed E-state index contributed by atoms with van der Waals surface area (Å²) in [7, 11) is 0. The molecule has 0 amide bonds. The number of benzene rings is 1. The van der Waals surface area contributed by atoms with Crippen LogP contribution in [0, 0.1) is 12.8 Å². The Bertz CT molecular complexity index is 525. The van der Waals surface area contributed by atoms with Crippen LogP contribution in [0.5, 0.6) is 0 Å².